The summed E-state index contributed by atoms with van der Waals surface area (Å²) in [6, 6.07) is 0. The number of nitrogens with two attached hydrogens (primary N) is 1. The van der Waals surface area contributed by atoms with Gasteiger partial charge in [-0.2, -0.15) is 13.5 Å². The second-order valence-corrected chi connectivity index (χ2v) is 3.89. The molecule has 52 valence electrons. The van der Waals surface area contributed by atoms with Crippen molar-refractivity contribution in [2.24, 2.45) is 10.2 Å². The lowest BCUT2D eigenvalue weighted by molar-refractivity contribution is 0.556. The Labute approximate surface area is 57.2 Å². The van der Waals surface area contributed by atoms with E-state index in [1.165, 1.54) is 6.21 Å². The minimum atomic E-state index is -3.60. The molecule has 0 aromatic heterocycles. The molecule has 1 aliphatic heterocycles. The first-order chi connectivity index (χ1) is 4.11. The molecule has 0 bridgehead atoms. The molecule has 9 heavy (non-hydrogen) atoms. The Morgan fingerprint density at radius 2 is 2.44 bits per heavy atom. The molecular formula is C2H5N3O2S2. The highest BCUT2D eigenvalue weighted by atomic mass is 32.3. The van der Waals surface area contributed by atoms with Crippen LogP contribution >= 0.6 is 11.9 Å². The number of nitrogens with zero attached hydrogens (tertiary/aromatic N) is 2. The van der Waals surface area contributed by atoms with Crippen LogP contribution in [-0.2, 0) is 10.2 Å². The van der Waals surface area contributed by atoms with E-state index in [1.807, 2.05) is 0 Å². The zero-order valence-corrected chi connectivity index (χ0v) is 6.02. The standard InChI is InChI=1S/C2H5N3O2S2/c3-9(6,7)5-4-1-2-8-5/h1H,2H2,(H2,3,6,7). The molecule has 0 unspecified atom stereocenters. The van der Waals surface area contributed by atoms with Gasteiger partial charge in [-0.3, -0.25) is 0 Å². The average Bonchev–Trinajstić information content (AvgIpc) is 2.08. The summed E-state index contributed by atoms with van der Waals surface area (Å²) in [6.07, 6.45) is 1.48. The lowest BCUT2D eigenvalue weighted by atomic mass is 10.9. The molecule has 0 aliphatic carbocycles. The van der Waals surface area contributed by atoms with Gasteiger partial charge >= 0.3 is 10.2 Å². The maximum absolute atomic E-state index is 10.4. The van der Waals surface area contributed by atoms with E-state index in [2.05, 4.69) is 5.10 Å². The molecule has 1 rings (SSSR count). The van der Waals surface area contributed by atoms with Gasteiger partial charge in [0.2, 0.25) is 0 Å². The fourth-order valence-corrected chi connectivity index (χ4v) is 1.73. The summed E-state index contributed by atoms with van der Waals surface area (Å²) in [5.41, 5.74) is 0. The van der Waals surface area contributed by atoms with Crippen LogP contribution in [0, 0.1) is 0 Å². The van der Waals surface area contributed by atoms with Crippen LogP contribution in [0.1, 0.15) is 0 Å². The lowest BCUT2D eigenvalue weighted by Gasteiger charge is -2.05. The Kier molecular flexibility index (Phi) is 1.64. The van der Waals surface area contributed by atoms with E-state index in [0.717, 1.165) is 15.8 Å². The highest BCUT2D eigenvalue weighted by molar-refractivity contribution is 8.08. The Morgan fingerprint density at radius 1 is 1.78 bits per heavy atom. The van der Waals surface area contributed by atoms with Crippen LogP contribution in [-0.4, -0.2) is 24.2 Å². The summed E-state index contributed by atoms with van der Waals surface area (Å²) in [4.78, 5) is 0. The van der Waals surface area contributed by atoms with Gasteiger partial charge in [0, 0.05) is 6.21 Å². The SMILES string of the molecule is NS(=O)(=O)N1N=CCS1. The highest BCUT2D eigenvalue weighted by Gasteiger charge is 2.17. The van der Waals surface area contributed by atoms with Crippen LogP contribution in [0.3, 0.4) is 0 Å². The maximum Gasteiger partial charge on any atom is 0.323 e. The van der Waals surface area contributed by atoms with Gasteiger partial charge in [0.1, 0.15) is 0 Å². The van der Waals surface area contributed by atoms with Crippen molar-refractivity contribution in [3.63, 3.8) is 0 Å². The first-order valence-electron chi connectivity index (χ1n) is 2.09. The molecule has 0 radical (unpaired) electrons. The van der Waals surface area contributed by atoms with Crippen molar-refractivity contribution < 1.29 is 8.42 Å². The molecule has 0 aromatic rings. The van der Waals surface area contributed by atoms with E-state index in [9.17, 15) is 8.42 Å². The van der Waals surface area contributed by atoms with E-state index in [4.69, 9.17) is 5.14 Å². The van der Waals surface area contributed by atoms with Crippen molar-refractivity contribution in [3.05, 3.63) is 0 Å². The van der Waals surface area contributed by atoms with Crippen molar-refractivity contribution in [1.29, 1.82) is 0 Å². The smallest absolute Gasteiger partial charge is 0.209 e. The van der Waals surface area contributed by atoms with Crippen LogP contribution in [0.25, 0.3) is 0 Å². The largest absolute Gasteiger partial charge is 0.323 e. The zero-order chi connectivity index (χ0) is 6.91. The number of hydrogen-bond donors (Lipinski definition) is 1. The molecule has 0 spiro atoms. The van der Waals surface area contributed by atoms with Gasteiger partial charge in [0.05, 0.1) is 5.75 Å². The van der Waals surface area contributed by atoms with Gasteiger partial charge < -0.3 is 0 Å². The minimum absolute atomic E-state index is 0.566. The third kappa shape index (κ3) is 1.57. The van der Waals surface area contributed by atoms with E-state index in [-0.39, 0.29) is 0 Å². The van der Waals surface area contributed by atoms with Gasteiger partial charge in [-0.05, 0) is 11.9 Å². The van der Waals surface area contributed by atoms with Crippen LogP contribution in [0.2, 0.25) is 0 Å². The summed E-state index contributed by atoms with van der Waals surface area (Å²) in [7, 11) is -3.60. The predicted octanol–water partition coefficient (Wildman–Crippen LogP) is -0.860. The van der Waals surface area contributed by atoms with Crippen molar-refractivity contribution in [1.82, 2.24) is 3.82 Å². The Hall–Kier alpha value is -0.270. The third-order valence-electron chi connectivity index (χ3n) is 0.653. The Balaban J connectivity index is 2.76. The first kappa shape index (κ1) is 6.84. The quantitative estimate of drug-likeness (QED) is 0.516. The van der Waals surface area contributed by atoms with Crippen molar-refractivity contribution in [2.75, 3.05) is 5.75 Å². The summed E-state index contributed by atoms with van der Waals surface area (Å²) in [5, 5.41) is 8.17. The van der Waals surface area contributed by atoms with Gasteiger partial charge in [0.15, 0.2) is 0 Å². The van der Waals surface area contributed by atoms with Gasteiger partial charge in [-0.15, -0.1) is 3.82 Å². The summed E-state index contributed by atoms with van der Waals surface area (Å²) in [6.45, 7) is 0. The summed E-state index contributed by atoms with van der Waals surface area (Å²) < 4.78 is 21.6. The minimum Gasteiger partial charge on any atom is -0.209 e. The third-order valence-corrected chi connectivity index (χ3v) is 2.74. The highest BCUT2D eigenvalue weighted by Crippen LogP contribution is 2.16. The van der Waals surface area contributed by atoms with Gasteiger partial charge in [-0.1, -0.05) is 0 Å². The summed E-state index contributed by atoms with van der Waals surface area (Å²) >= 11 is 1.05. The molecule has 0 atom stereocenters. The molecular weight excluding hydrogens is 162 g/mol. The maximum atomic E-state index is 10.4. The predicted molar refractivity (Wildman–Crippen MR) is 35.9 cm³/mol. The van der Waals surface area contributed by atoms with Crippen molar-refractivity contribution in [3.8, 4) is 0 Å². The molecule has 1 aliphatic rings. The second-order valence-electron chi connectivity index (χ2n) is 1.35. The topological polar surface area (TPSA) is 75.8 Å². The van der Waals surface area contributed by atoms with E-state index in [0.29, 0.717) is 5.75 Å². The number of hydrazone groups is 1. The second kappa shape index (κ2) is 2.16. The first-order valence-corrected chi connectivity index (χ1v) is 4.54. The fourth-order valence-electron chi connectivity index (χ4n) is 0.370. The van der Waals surface area contributed by atoms with Gasteiger partial charge in [0.25, 0.3) is 0 Å². The lowest BCUT2D eigenvalue weighted by Crippen LogP contribution is -2.25. The monoisotopic (exact) mass is 167 g/mol. The molecule has 2 N–H and O–H groups in total. The van der Waals surface area contributed by atoms with Crippen LogP contribution in [0.15, 0.2) is 5.10 Å². The molecule has 0 saturated carbocycles. The Bertz CT molecular complexity index is 220. The molecule has 5 nitrogen and oxygen atoms in total. The molecule has 0 aromatic carbocycles. The zero-order valence-electron chi connectivity index (χ0n) is 4.39. The fraction of sp³-hybridized carbons (Fsp3) is 0.500. The van der Waals surface area contributed by atoms with E-state index in [1.54, 1.807) is 0 Å². The molecule has 0 amide bonds. The van der Waals surface area contributed by atoms with Crippen molar-refractivity contribution in [2.45, 2.75) is 0 Å². The normalized spacial score (nSPS) is 19.0. The van der Waals surface area contributed by atoms with Crippen LogP contribution in [0.4, 0.5) is 0 Å². The molecule has 1 heterocycles. The van der Waals surface area contributed by atoms with E-state index >= 15 is 0 Å². The number of rotatable bonds is 1. The van der Waals surface area contributed by atoms with Crippen LogP contribution < -0.4 is 5.14 Å². The van der Waals surface area contributed by atoms with E-state index < -0.39 is 10.2 Å². The van der Waals surface area contributed by atoms with Crippen LogP contribution in [0.5, 0.6) is 0 Å². The van der Waals surface area contributed by atoms with Crippen molar-refractivity contribution >= 4 is 28.4 Å². The molecule has 0 fully saturated rings. The average molecular weight is 167 g/mol. The molecule has 0 saturated heterocycles. The Morgan fingerprint density at radius 3 is 2.67 bits per heavy atom. The summed E-state index contributed by atoms with van der Waals surface area (Å²) in [5.74, 6) is 0.566. The molecule has 7 heteroatoms. The van der Waals surface area contributed by atoms with Gasteiger partial charge in [-0.25, -0.2) is 5.14 Å². The number of hydrogen-bond acceptors (Lipinski definition) is 4.